The van der Waals surface area contributed by atoms with Crippen LogP contribution < -0.4 is 5.32 Å². The molecule has 0 aliphatic heterocycles. The first-order chi connectivity index (χ1) is 8.73. The minimum absolute atomic E-state index is 0.0239. The molecular formula is C15H23NO3. The zero-order chi connectivity index (χ0) is 14.6. The Kier molecular flexibility index (Phi) is 4.95. The van der Waals surface area contributed by atoms with Gasteiger partial charge in [0.15, 0.2) is 0 Å². The van der Waals surface area contributed by atoms with E-state index in [0.29, 0.717) is 12.0 Å². The van der Waals surface area contributed by atoms with Crippen LogP contribution >= 0.6 is 0 Å². The van der Waals surface area contributed by atoms with Gasteiger partial charge in [-0.3, -0.25) is 4.79 Å². The van der Waals surface area contributed by atoms with Gasteiger partial charge in [-0.05, 0) is 36.5 Å². The van der Waals surface area contributed by atoms with Gasteiger partial charge >= 0.3 is 0 Å². The molecule has 19 heavy (non-hydrogen) atoms. The molecule has 1 unspecified atom stereocenters. The summed E-state index contributed by atoms with van der Waals surface area (Å²) in [4.78, 5) is 12.0. The van der Waals surface area contributed by atoms with Crippen LogP contribution in [0.25, 0.3) is 0 Å². The fourth-order valence-corrected chi connectivity index (χ4v) is 1.92. The summed E-state index contributed by atoms with van der Waals surface area (Å²) in [5.74, 6) is -0.178. The van der Waals surface area contributed by atoms with E-state index in [2.05, 4.69) is 26.1 Å². The van der Waals surface area contributed by atoms with E-state index in [4.69, 9.17) is 0 Å². The highest BCUT2D eigenvalue weighted by molar-refractivity contribution is 5.94. The Morgan fingerprint density at radius 1 is 1.37 bits per heavy atom. The number of aliphatic hydroxyl groups is 1. The summed E-state index contributed by atoms with van der Waals surface area (Å²) in [5.41, 5.74) is 1.15. The van der Waals surface area contributed by atoms with Gasteiger partial charge in [0.05, 0.1) is 12.6 Å². The summed E-state index contributed by atoms with van der Waals surface area (Å²) in [6.07, 6.45) is 0.688. The zero-order valence-electron chi connectivity index (χ0n) is 12.0. The number of carbonyl (C=O) groups excluding carboxylic acids is 1. The van der Waals surface area contributed by atoms with Gasteiger partial charge in [0.2, 0.25) is 0 Å². The Balaban J connectivity index is 2.74. The summed E-state index contributed by atoms with van der Waals surface area (Å²) in [7, 11) is 0. The molecule has 0 fully saturated rings. The number of nitrogens with one attached hydrogen (secondary N) is 1. The molecule has 0 aromatic heterocycles. The Hall–Kier alpha value is -1.55. The van der Waals surface area contributed by atoms with E-state index in [-0.39, 0.29) is 29.7 Å². The first-order valence-electron chi connectivity index (χ1n) is 6.44. The minimum atomic E-state index is -0.282. The Bertz CT molecular complexity index is 449. The van der Waals surface area contributed by atoms with Crippen molar-refractivity contribution in [3.8, 4) is 5.75 Å². The summed E-state index contributed by atoms with van der Waals surface area (Å²) in [6, 6.07) is 4.52. The lowest BCUT2D eigenvalue weighted by atomic mass is 9.88. The lowest BCUT2D eigenvalue weighted by Crippen LogP contribution is -2.40. The van der Waals surface area contributed by atoms with Crippen LogP contribution in [0.4, 0.5) is 0 Å². The number of aliphatic hydroxyl groups excluding tert-OH is 1. The molecule has 3 N–H and O–H groups in total. The average molecular weight is 265 g/mol. The SMILES string of the molecule is Cc1ccc(C(=O)NC(CO)CC(C)(C)C)cc1O. The predicted molar refractivity (Wildman–Crippen MR) is 75.3 cm³/mol. The maximum absolute atomic E-state index is 12.0. The number of aryl methyl sites for hydroxylation is 1. The van der Waals surface area contributed by atoms with Gasteiger partial charge in [0.25, 0.3) is 5.91 Å². The normalized spacial score (nSPS) is 13.1. The highest BCUT2D eigenvalue weighted by atomic mass is 16.3. The third-order valence-corrected chi connectivity index (χ3v) is 2.89. The molecule has 4 heteroatoms. The number of aromatic hydroxyl groups is 1. The van der Waals surface area contributed by atoms with Crippen LogP contribution in [-0.2, 0) is 0 Å². The van der Waals surface area contributed by atoms with Gasteiger partial charge in [0, 0.05) is 5.56 Å². The van der Waals surface area contributed by atoms with Crippen molar-refractivity contribution >= 4 is 5.91 Å². The van der Waals surface area contributed by atoms with Crippen molar-refractivity contribution in [2.24, 2.45) is 5.41 Å². The number of carbonyl (C=O) groups is 1. The number of hydrogen-bond acceptors (Lipinski definition) is 3. The highest BCUT2D eigenvalue weighted by Crippen LogP contribution is 2.21. The fourth-order valence-electron chi connectivity index (χ4n) is 1.92. The molecule has 0 heterocycles. The molecule has 106 valence electrons. The summed E-state index contributed by atoms with van der Waals surface area (Å²) < 4.78 is 0. The monoisotopic (exact) mass is 265 g/mol. The maximum atomic E-state index is 12.0. The molecule has 0 spiro atoms. The molecule has 4 nitrogen and oxygen atoms in total. The van der Waals surface area contributed by atoms with Gasteiger partial charge < -0.3 is 15.5 Å². The van der Waals surface area contributed by atoms with E-state index >= 15 is 0 Å². The molecule has 1 aromatic carbocycles. The van der Waals surface area contributed by atoms with Gasteiger partial charge in [0.1, 0.15) is 5.75 Å². The van der Waals surface area contributed by atoms with E-state index in [1.165, 1.54) is 6.07 Å². The molecule has 0 aliphatic rings. The molecule has 1 atom stereocenters. The van der Waals surface area contributed by atoms with Crippen molar-refractivity contribution in [2.75, 3.05) is 6.61 Å². The number of amides is 1. The van der Waals surface area contributed by atoms with Crippen LogP contribution in [-0.4, -0.2) is 28.8 Å². The number of rotatable bonds is 4. The molecular weight excluding hydrogens is 242 g/mol. The highest BCUT2D eigenvalue weighted by Gasteiger charge is 2.20. The van der Waals surface area contributed by atoms with Crippen LogP contribution in [0.15, 0.2) is 18.2 Å². The standard InChI is InChI=1S/C15H23NO3/c1-10-5-6-11(7-13(10)18)14(19)16-12(9-17)8-15(2,3)4/h5-7,12,17-18H,8-9H2,1-4H3,(H,16,19). The summed E-state index contributed by atoms with van der Waals surface area (Å²) in [6.45, 7) is 7.84. The van der Waals surface area contributed by atoms with Crippen LogP contribution in [0.1, 0.15) is 43.1 Å². The molecule has 0 radical (unpaired) electrons. The number of benzene rings is 1. The van der Waals surface area contributed by atoms with Crippen molar-refractivity contribution in [3.63, 3.8) is 0 Å². The van der Waals surface area contributed by atoms with Crippen LogP contribution in [0.5, 0.6) is 5.75 Å². The maximum Gasteiger partial charge on any atom is 0.251 e. The van der Waals surface area contributed by atoms with Crippen LogP contribution in [0.3, 0.4) is 0 Å². The van der Waals surface area contributed by atoms with Crippen molar-refractivity contribution < 1.29 is 15.0 Å². The molecule has 1 aromatic rings. The topological polar surface area (TPSA) is 69.6 Å². The van der Waals surface area contributed by atoms with E-state index in [1.807, 2.05) is 0 Å². The molecule has 0 saturated heterocycles. The number of phenolic OH excluding ortho intramolecular Hbond substituents is 1. The van der Waals surface area contributed by atoms with Crippen molar-refractivity contribution in [1.82, 2.24) is 5.32 Å². The smallest absolute Gasteiger partial charge is 0.251 e. The van der Waals surface area contributed by atoms with Gasteiger partial charge in [-0.2, -0.15) is 0 Å². The van der Waals surface area contributed by atoms with E-state index in [1.54, 1.807) is 19.1 Å². The number of hydrogen-bond donors (Lipinski definition) is 3. The second-order valence-electron chi connectivity index (χ2n) is 6.12. The third kappa shape index (κ3) is 4.91. The molecule has 1 rings (SSSR count). The van der Waals surface area contributed by atoms with Crippen LogP contribution in [0, 0.1) is 12.3 Å². The third-order valence-electron chi connectivity index (χ3n) is 2.89. The quantitative estimate of drug-likeness (QED) is 0.782. The summed E-state index contributed by atoms with van der Waals surface area (Å²) >= 11 is 0. The predicted octanol–water partition coefficient (Wildman–Crippen LogP) is 2.23. The fraction of sp³-hybridized carbons (Fsp3) is 0.533. The lowest BCUT2D eigenvalue weighted by molar-refractivity contribution is 0.0897. The largest absolute Gasteiger partial charge is 0.508 e. The van der Waals surface area contributed by atoms with Crippen LogP contribution in [0.2, 0.25) is 0 Å². The van der Waals surface area contributed by atoms with Crippen molar-refractivity contribution in [1.29, 1.82) is 0 Å². The average Bonchev–Trinajstić information content (AvgIpc) is 2.29. The van der Waals surface area contributed by atoms with E-state index in [0.717, 1.165) is 5.56 Å². The zero-order valence-corrected chi connectivity index (χ0v) is 12.0. The molecule has 0 aliphatic carbocycles. The lowest BCUT2D eigenvalue weighted by Gasteiger charge is -2.25. The second-order valence-corrected chi connectivity index (χ2v) is 6.12. The molecule has 0 bridgehead atoms. The van der Waals surface area contributed by atoms with Gasteiger partial charge in [-0.1, -0.05) is 26.8 Å². The minimum Gasteiger partial charge on any atom is -0.508 e. The number of phenols is 1. The first-order valence-corrected chi connectivity index (χ1v) is 6.44. The van der Waals surface area contributed by atoms with Crippen molar-refractivity contribution in [2.45, 2.75) is 40.2 Å². The Morgan fingerprint density at radius 2 is 2.00 bits per heavy atom. The van der Waals surface area contributed by atoms with E-state index in [9.17, 15) is 15.0 Å². The van der Waals surface area contributed by atoms with Crippen molar-refractivity contribution in [3.05, 3.63) is 29.3 Å². The second kappa shape index (κ2) is 6.06. The molecule has 1 amide bonds. The van der Waals surface area contributed by atoms with Gasteiger partial charge in [-0.15, -0.1) is 0 Å². The first kappa shape index (κ1) is 15.5. The Morgan fingerprint density at radius 3 is 2.47 bits per heavy atom. The molecule has 0 saturated carbocycles. The summed E-state index contributed by atoms with van der Waals surface area (Å²) in [5, 5.41) is 21.7. The van der Waals surface area contributed by atoms with Gasteiger partial charge in [-0.25, -0.2) is 0 Å². The van der Waals surface area contributed by atoms with E-state index < -0.39 is 0 Å². The Labute approximate surface area is 114 Å².